The first kappa shape index (κ1) is 14.0. The number of rotatable bonds is 2. The smallest absolute Gasteiger partial charge is 0.127 e. The number of hydrogen-bond acceptors (Lipinski definition) is 2. The van der Waals surface area contributed by atoms with Crippen molar-refractivity contribution < 1.29 is 9.84 Å². The van der Waals surface area contributed by atoms with E-state index in [0.717, 1.165) is 29.7 Å². The molecular weight excluding hydrogens is 236 g/mol. The zero-order valence-electron chi connectivity index (χ0n) is 12.6. The van der Waals surface area contributed by atoms with E-state index in [0.29, 0.717) is 5.75 Å². The lowest BCUT2D eigenvalue weighted by atomic mass is 9.82. The van der Waals surface area contributed by atoms with Gasteiger partial charge in [-0.1, -0.05) is 18.6 Å². The zero-order valence-corrected chi connectivity index (χ0v) is 12.6. The quantitative estimate of drug-likeness (QED) is 0.781. The summed E-state index contributed by atoms with van der Waals surface area (Å²) in [5, 5.41) is 10.3. The molecule has 0 amide bonds. The summed E-state index contributed by atoms with van der Waals surface area (Å²) in [4.78, 5) is 0. The zero-order chi connectivity index (χ0) is 14.2. The molecule has 2 nitrogen and oxygen atoms in total. The van der Waals surface area contributed by atoms with Gasteiger partial charge in [-0.25, -0.2) is 0 Å². The predicted molar refractivity (Wildman–Crippen MR) is 79.0 cm³/mol. The van der Waals surface area contributed by atoms with Gasteiger partial charge in [0.1, 0.15) is 17.1 Å². The molecule has 1 aliphatic rings. The van der Waals surface area contributed by atoms with Crippen LogP contribution in [0.15, 0.2) is 23.8 Å². The van der Waals surface area contributed by atoms with Gasteiger partial charge in [-0.15, -0.1) is 0 Å². The summed E-state index contributed by atoms with van der Waals surface area (Å²) in [5.41, 5.74) is 3.14. The summed E-state index contributed by atoms with van der Waals surface area (Å²) >= 11 is 0. The van der Waals surface area contributed by atoms with Gasteiger partial charge in [0.05, 0.1) is 0 Å². The van der Waals surface area contributed by atoms with Gasteiger partial charge >= 0.3 is 0 Å². The second-order valence-corrected chi connectivity index (χ2v) is 6.23. The largest absolute Gasteiger partial charge is 0.507 e. The van der Waals surface area contributed by atoms with Crippen molar-refractivity contribution in [3.05, 3.63) is 34.9 Å². The Kier molecular flexibility index (Phi) is 3.62. The third kappa shape index (κ3) is 2.94. The van der Waals surface area contributed by atoms with E-state index in [1.54, 1.807) is 0 Å². The fourth-order valence-corrected chi connectivity index (χ4v) is 2.78. The fraction of sp³-hybridized carbons (Fsp3) is 0.529. The average molecular weight is 260 g/mol. The van der Waals surface area contributed by atoms with Gasteiger partial charge in [-0.3, -0.25) is 0 Å². The third-order valence-corrected chi connectivity index (χ3v) is 3.78. The summed E-state index contributed by atoms with van der Waals surface area (Å²) in [6.45, 7) is 10.5. The molecular formula is C17H24O2. The van der Waals surface area contributed by atoms with E-state index in [2.05, 4.69) is 33.8 Å². The van der Waals surface area contributed by atoms with Crippen LogP contribution in [0.5, 0.6) is 11.5 Å². The second-order valence-electron chi connectivity index (χ2n) is 6.23. The molecule has 2 rings (SSSR count). The van der Waals surface area contributed by atoms with Crippen molar-refractivity contribution in [1.82, 2.24) is 0 Å². The van der Waals surface area contributed by atoms with Gasteiger partial charge in [0, 0.05) is 11.5 Å². The SMILES string of the molecule is CC/C(C)=C\[C@@H]1CC(C)(C)Oc2cc(C)cc(O)c21. The highest BCUT2D eigenvalue weighted by atomic mass is 16.5. The van der Waals surface area contributed by atoms with Crippen LogP contribution in [0.25, 0.3) is 0 Å². The van der Waals surface area contributed by atoms with Crippen LogP contribution < -0.4 is 4.74 Å². The maximum absolute atomic E-state index is 10.3. The van der Waals surface area contributed by atoms with E-state index in [4.69, 9.17) is 4.74 Å². The van der Waals surface area contributed by atoms with E-state index in [-0.39, 0.29) is 11.5 Å². The predicted octanol–water partition coefficient (Wildman–Crippen LogP) is 4.70. The minimum Gasteiger partial charge on any atom is -0.507 e. The minimum absolute atomic E-state index is 0.192. The van der Waals surface area contributed by atoms with Gasteiger partial charge in [-0.05, 0) is 58.2 Å². The van der Waals surface area contributed by atoms with E-state index < -0.39 is 0 Å². The van der Waals surface area contributed by atoms with Crippen LogP contribution in [0, 0.1) is 6.92 Å². The number of phenolic OH excluding ortho intramolecular Hbond substituents is 1. The lowest BCUT2D eigenvalue weighted by Gasteiger charge is -2.37. The summed E-state index contributed by atoms with van der Waals surface area (Å²) in [6.07, 6.45) is 4.21. The Hall–Kier alpha value is -1.44. The topological polar surface area (TPSA) is 29.5 Å². The molecule has 2 heteroatoms. The Balaban J connectivity index is 2.53. The lowest BCUT2D eigenvalue weighted by molar-refractivity contribution is 0.0772. The Morgan fingerprint density at radius 2 is 2.16 bits per heavy atom. The fourth-order valence-electron chi connectivity index (χ4n) is 2.78. The van der Waals surface area contributed by atoms with Crippen molar-refractivity contribution in [1.29, 1.82) is 0 Å². The molecule has 0 saturated carbocycles. The number of benzene rings is 1. The Bertz CT molecular complexity index is 512. The molecule has 1 aromatic rings. The first-order valence-corrected chi connectivity index (χ1v) is 7.02. The molecule has 0 aliphatic carbocycles. The van der Waals surface area contributed by atoms with Gasteiger partial charge < -0.3 is 9.84 Å². The molecule has 1 aromatic carbocycles. The number of phenols is 1. The van der Waals surface area contributed by atoms with Gasteiger partial charge in [0.2, 0.25) is 0 Å². The van der Waals surface area contributed by atoms with Crippen LogP contribution in [-0.2, 0) is 0 Å². The van der Waals surface area contributed by atoms with Crippen LogP contribution in [0.1, 0.15) is 57.6 Å². The highest BCUT2D eigenvalue weighted by molar-refractivity contribution is 5.52. The molecule has 19 heavy (non-hydrogen) atoms. The van der Waals surface area contributed by atoms with E-state index in [1.807, 2.05) is 19.1 Å². The van der Waals surface area contributed by atoms with Gasteiger partial charge in [0.25, 0.3) is 0 Å². The molecule has 0 radical (unpaired) electrons. The number of aromatic hydroxyl groups is 1. The number of allylic oxidation sites excluding steroid dienone is 2. The van der Waals surface area contributed by atoms with E-state index >= 15 is 0 Å². The summed E-state index contributed by atoms with van der Waals surface area (Å²) in [7, 11) is 0. The van der Waals surface area contributed by atoms with Crippen LogP contribution in [0.4, 0.5) is 0 Å². The van der Waals surface area contributed by atoms with Crippen molar-refractivity contribution >= 4 is 0 Å². The Labute approximate surface area is 116 Å². The lowest BCUT2D eigenvalue weighted by Crippen LogP contribution is -2.34. The van der Waals surface area contributed by atoms with E-state index in [1.165, 1.54) is 5.57 Å². The normalized spacial score (nSPS) is 21.7. The molecule has 1 heterocycles. The van der Waals surface area contributed by atoms with Crippen molar-refractivity contribution in [2.75, 3.05) is 0 Å². The summed E-state index contributed by atoms with van der Waals surface area (Å²) in [5.74, 6) is 1.42. The summed E-state index contributed by atoms with van der Waals surface area (Å²) < 4.78 is 6.04. The van der Waals surface area contributed by atoms with Gasteiger partial charge in [0.15, 0.2) is 0 Å². The van der Waals surface area contributed by atoms with Crippen molar-refractivity contribution in [2.45, 2.75) is 59.0 Å². The van der Waals surface area contributed by atoms with Gasteiger partial charge in [-0.2, -0.15) is 0 Å². The standard InChI is InChI=1S/C17H24O2/c1-6-11(2)7-13-10-17(4,5)19-15-9-12(3)8-14(18)16(13)15/h7-9,13,18H,6,10H2,1-5H3/b11-7-/t13-/m1/s1. The molecule has 0 aromatic heterocycles. The highest BCUT2D eigenvalue weighted by Gasteiger charge is 2.34. The molecule has 104 valence electrons. The number of aryl methyl sites for hydroxylation is 1. The third-order valence-electron chi connectivity index (χ3n) is 3.78. The van der Waals surface area contributed by atoms with Crippen LogP contribution >= 0.6 is 0 Å². The average Bonchev–Trinajstić information content (AvgIpc) is 2.25. The molecule has 0 spiro atoms. The Morgan fingerprint density at radius 3 is 2.79 bits per heavy atom. The number of fused-ring (bicyclic) bond motifs is 1. The second kappa shape index (κ2) is 4.92. The van der Waals surface area contributed by atoms with Crippen LogP contribution in [0.3, 0.4) is 0 Å². The number of ether oxygens (including phenoxy) is 1. The monoisotopic (exact) mass is 260 g/mol. The van der Waals surface area contributed by atoms with Crippen LogP contribution in [0.2, 0.25) is 0 Å². The molecule has 1 aliphatic heterocycles. The van der Waals surface area contributed by atoms with Crippen molar-refractivity contribution in [3.63, 3.8) is 0 Å². The van der Waals surface area contributed by atoms with E-state index in [9.17, 15) is 5.11 Å². The first-order valence-electron chi connectivity index (χ1n) is 7.02. The molecule has 0 unspecified atom stereocenters. The maximum atomic E-state index is 10.3. The van der Waals surface area contributed by atoms with Crippen molar-refractivity contribution in [3.8, 4) is 11.5 Å². The Morgan fingerprint density at radius 1 is 1.47 bits per heavy atom. The maximum Gasteiger partial charge on any atom is 0.127 e. The molecule has 1 N–H and O–H groups in total. The molecule has 0 saturated heterocycles. The number of hydrogen-bond donors (Lipinski definition) is 1. The minimum atomic E-state index is -0.192. The van der Waals surface area contributed by atoms with Crippen molar-refractivity contribution in [2.24, 2.45) is 0 Å². The summed E-state index contributed by atoms with van der Waals surface area (Å²) in [6, 6.07) is 3.85. The molecule has 1 atom stereocenters. The molecule has 0 bridgehead atoms. The highest BCUT2D eigenvalue weighted by Crippen LogP contribution is 2.46. The van der Waals surface area contributed by atoms with Crippen LogP contribution in [-0.4, -0.2) is 10.7 Å². The first-order chi connectivity index (χ1) is 8.82. The molecule has 0 fully saturated rings.